The van der Waals surface area contributed by atoms with Gasteiger partial charge in [-0.2, -0.15) is 14.5 Å². The molecule has 2 aromatic rings. The fraction of sp³-hybridized carbons (Fsp3) is 0.600. The van der Waals surface area contributed by atoms with Gasteiger partial charge in [-0.3, -0.25) is 4.68 Å². The van der Waals surface area contributed by atoms with E-state index in [1.165, 1.54) is 9.36 Å². The highest BCUT2D eigenvalue weighted by Crippen LogP contribution is 2.22. The van der Waals surface area contributed by atoms with Gasteiger partial charge in [-0.05, 0) is 31.2 Å². The summed E-state index contributed by atoms with van der Waals surface area (Å²) in [7, 11) is 1.56. The molecule has 2 aromatic heterocycles. The van der Waals surface area contributed by atoms with Crippen LogP contribution in [0.4, 0.5) is 0 Å². The number of nitrogens with zero attached hydrogens (tertiary/aromatic N) is 6. The zero-order valence-electron chi connectivity index (χ0n) is 10.8. The Morgan fingerprint density at radius 2 is 2.00 bits per heavy atom. The maximum absolute atomic E-state index is 11.8. The molecular formula is C10H15BrN6O. The SMILES string of the molecule is Cn1nnn(-c2cnn(C(C)(C)C)c2CBr)c1=O. The Morgan fingerprint density at radius 1 is 1.33 bits per heavy atom. The van der Waals surface area contributed by atoms with Crippen LogP contribution in [-0.4, -0.2) is 29.6 Å². The van der Waals surface area contributed by atoms with E-state index in [1.54, 1.807) is 13.2 Å². The number of hydrogen-bond acceptors (Lipinski definition) is 4. The standard InChI is InChI=1S/C10H15BrN6O/c1-10(2,3)17-7(5-11)8(6-12-17)16-9(18)15(4)13-14-16/h6H,5H2,1-4H3. The van der Waals surface area contributed by atoms with E-state index < -0.39 is 0 Å². The zero-order chi connectivity index (χ0) is 13.5. The average molecular weight is 315 g/mol. The van der Waals surface area contributed by atoms with Crippen molar-refractivity contribution in [3.8, 4) is 5.69 Å². The predicted octanol–water partition coefficient (Wildman–Crippen LogP) is 0.812. The molecule has 18 heavy (non-hydrogen) atoms. The van der Waals surface area contributed by atoms with E-state index in [1.807, 2.05) is 4.68 Å². The number of aromatic nitrogens is 6. The third kappa shape index (κ3) is 2.00. The van der Waals surface area contributed by atoms with E-state index in [2.05, 4.69) is 52.2 Å². The van der Waals surface area contributed by atoms with Crippen molar-refractivity contribution in [2.24, 2.45) is 7.05 Å². The molecule has 0 saturated carbocycles. The van der Waals surface area contributed by atoms with Crippen molar-refractivity contribution in [3.63, 3.8) is 0 Å². The highest BCUT2D eigenvalue weighted by molar-refractivity contribution is 9.08. The summed E-state index contributed by atoms with van der Waals surface area (Å²) in [6, 6.07) is 0. The van der Waals surface area contributed by atoms with Crippen LogP contribution in [0.1, 0.15) is 26.5 Å². The van der Waals surface area contributed by atoms with Crippen molar-refractivity contribution < 1.29 is 0 Å². The van der Waals surface area contributed by atoms with Crippen molar-refractivity contribution >= 4 is 15.9 Å². The van der Waals surface area contributed by atoms with Gasteiger partial charge in [-0.1, -0.05) is 15.9 Å². The minimum Gasteiger partial charge on any atom is -0.261 e. The first-order valence-corrected chi connectivity index (χ1v) is 6.61. The predicted molar refractivity (Wildman–Crippen MR) is 70.0 cm³/mol. The molecule has 0 N–H and O–H groups in total. The van der Waals surface area contributed by atoms with E-state index in [0.717, 1.165) is 5.69 Å². The molecule has 0 bridgehead atoms. The molecule has 0 saturated heterocycles. The molecule has 0 aromatic carbocycles. The van der Waals surface area contributed by atoms with Crippen LogP contribution in [0.15, 0.2) is 11.0 Å². The average Bonchev–Trinajstić information content (AvgIpc) is 2.83. The fourth-order valence-electron chi connectivity index (χ4n) is 1.71. The van der Waals surface area contributed by atoms with Gasteiger partial charge in [-0.15, -0.1) is 0 Å². The minimum atomic E-state index is -0.286. The van der Waals surface area contributed by atoms with E-state index in [9.17, 15) is 4.79 Å². The molecule has 0 spiro atoms. The Morgan fingerprint density at radius 3 is 2.44 bits per heavy atom. The van der Waals surface area contributed by atoms with E-state index in [4.69, 9.17) is 0 Å². The van der Waals surface area contributed by atoms with Gasteiger partial charge in [0.15, 0.2) is 0 Å². The normalized spacial score (nSPS) is 12.1. The summed E-state index contributed by atoms with van der Waals surface area (Å²) in [4.78, 5) is 11.8. The number of alkyl halides is 1. The molecule has 2 heterocycles. The van der Waals surface area contributed by atoms with Crippen LogP contribution in [0, 0.1) is 0 Å². The second-order valence-electron chi connectivity index (χ2n) is 4.99. The van der Waals surface area contributed by atoms with Gasteiger partial charge >= 0.3 is 5.69 Å². The third-order valence-electron chi connectivity index (χ3n) is 2.56. The highest BCUT2D eigenvalue weighted by Gasteiger charge is 2.22. The van der Waals surface area contributed by atoms with Crippen LogP contribution in [-0.2, 0) is 17.9 Å². The van der Waals surface area contributed by atoms with E-state index in [-0.39, 0.29) is 11.2 Å². The molecular weight excluding hydrogens is 300 g/mol. The Hall–Kier alpha value is -1.44. The Bertz CT molecular complexity index is 617. The molecule has 2 rings (SSSR count). The lowest BCUT2D eigenvalue weighted by Gasteiger charge is -2.22. The van der Waals surface area contributed by atoms with Gasteiger partial charge < -0.3 is 0 Å². The van der Waals surface area contributed by atoms with Gasteiger partial charge in [0.25, 0.3) is 0 Å². The largest absolute Gasteiger partial charge is 0.368 e. The van der Waals surface area contributed by atoms with Crippen molar-refractivity contribution in [2.75, 3.05) is 0 Å². The molecule has 0 fully saturated rings. The van der Waals surface area contributed by atoms with E-state index in [0.29, 0.717) is 11.0 Å². The van der Waals surface area contributed by atoms with Gasteiger partial charge in [0.2, 0.25) is 0 Å². The fourth-order valence-corrected chi connectivity index (χ4v) is 2.23. The lowest BCUT2D eigenvalue weighted by atomic mass is 10.1. The minimum absolute atomic E-state index is 0.160. The molecule has 8 heteroatoms. The van der Waals surface area contributed by atoms with Crippen LogP contribution >= 0.6 is 15.9 Å². The summed E-state index contributed by atoms with van der Waals surface area (Å²) < 4.78 is 4.32. The molecule has 0 atom stereocenters. The summed E-state index contributed by atoms with van der Waals surface area (Å²) >= 11 is 3.43. The highest BCUT2D eigenvalue weighted by atomic mass is 79.9. The van der Waals surface area contributed by atoms with Crippen molar-refractivity contribution in [2.45, 2.75) is 31.6 Å². The quantitative estimate of drug-likeness (QED) is 0.769. The van der Waals surface area contributed by atoms with Crippen LogP contribution in [0.3, 0.4) is 0 Å². The van der Waals surface area contributed by atoms with Crippen molar-refractivity contribution in [1.82, 2.24) is 29.6 Å². The first kappa shape index (κ1) is 13.0. The third-order valence-corrected chi connectivity index (χ3v) is 3.09. The van der Waals surface area contributed by atoms with Crippen LogP contribution < -0.4 is 5.69 Å². The van der Waals surface area contributed by atoms with Gasteiger partial charge in [0.1, 0.15) is 5.69 Å². The summed E-state index contributed by atoms with van der Waals surface area (Å²) in [5.41, 5.74) is 1.10. The number of halogens is 1. The molecule has 0 aliphatic rings. The van der Waals surface area contributed by atoms with Crippen LogP contribution in [0.2, 0.25) is 0 Å². The smallest absolute Gasteiger partial charge is 0.261 e. The molecule has 0 aliphatic heterocycles. The molecule has 0 unspecified atom stereocenters. The van der Waals surface area contributed by atoms with Gasteiger partial charge in [-0.25, -0.2) is 4.79 Å². The Kier molecular flexibility index (Phi) is 3.14. The number of tetrazole rings is 1. The van der Waals surface area contributed by atoms with Gasteiger partial charge in [0.05, 0.1) is 17.4 Å². The molecule has 0 aliphatic carbocycles. The molecule has 7 nitrogen and oxygen atoms in total. The summed E-state index contributed by atoms with van der Waals surface area (Å²) in [6.45, 7) is 6.15. The lowest BCUT2D eigenvalue weighted by Crippen LogP contribution is -2.26. The second kappa shape index (κ2) is 4.34. The summed E-state index contributed by atoms with van der Waals surface area (Å²) in [5.74, 6) is 0. The topological polar surface area (TPSA) is 70.5 Å². The summed E-state index contributed by atoms with van der Waals surface area (Å²) in [5, 5.41) is 12.5. The van der Waals surface area contributed by atoms with E-state index >= 15 is 0 Å². The van der Waals surface area contributed by atoms with Crippen LogP contribution in [0.25, 0.3) is 5.69 Å². The first-order chi connectivity index (χ1) is 8.36. The molecule has 98 valence electrons. The monoisotopic (exact) mass is 314 g/mol. The Labute approximate surface area is 113 Å². The maximum atomic E-state index is 11.8. The molecule has 0 radical (unpaired) electrons. The Balaban J connectivity index is 2.64. The molecule has 0 amide bonds. The maximum Gasteiger partial charge on any atom is 0.368 e. The van der Waals surface area contributed by atoms with Crippen LogP contribution in [0.5, 0.6) is 0 Å². The lowest BCUT2D eigenvalue weighted by molar-refractivity contribution is 0.347. The number of aryl methyl sites for hydroxylation is 1. The first-order valence-electron chi connectivity index (χ1n) is 5.49. The number of rotatable bonds is 2. The summed E-state index contributed by atoms with van der Waals surface area (Å²) in [6.07, 6.45) is 1.64. The van der Waals surface area contributed by atoms with Crippen molar-refractivity contribution in [3.05, 3.63) is 22.4 Å². The van der Waals surface area contributed by atoms with Gasteiger partial charge in [0, 0.05) is 12.4 Å². The second-order valence-corrected chi connectivity index (χ2v) is 5.55. The van der Waals surface area contributed by atoms with Crippen molar-refractivity contribution in [1.29, 1.82) is 0 Å². The number of hydrogen-bond donors (Lipinski definition) is 0. The zero-order valence-corrected chi connectivity index (χ0v) is 12.3.